The molecule has 4 heteroatoms. The van der Waals surface area contributed by atoms with E-state index in [1.807, 2.05) is 0 Å². The van der Waals surface area contributed by atoms with Crippen LogP contribution in [0.2, 0.25) is 0 Å². The van der Waals surface area contributed by atoms with Gasteiger partial charge in [-0.1, -0.05) is 13.8 Å². The molecule has 2 unspecified atom stereocenters. The highest BCUT2D eigenvalue weighted by Gasteiger charge is 2.35. The first-order chi connectivity index (χ1) is 9.04. The first-order valence-corrected chi connectivity index (χ1v) is 7.28. The summed E-state index contributed by atoms with van der Waals surface area (Å²) in [5.74, 6) is 1.25. The second-order valence-corrected chi connectivity index (χ2v) is 5.79. The van der Waals surface area contributed by atoms with Crippen molar-refractivity contribution >= 4 is 5.97 Å². The van der Waals surface area contributed by atoms with Crippen LogP contribution in [-0.2, 0) is 19.0 Å². The van der Waals surface area contributed by atoms with Gasteiger partial charge in [-0.05, 0) is 37.0 Å². The second-order valence-electron chi connectivity index (χ2n) is 5.79. The third kappa shape index (κ3) is 5.91. The average molecular weight is 272 g/mol. The minimum Gasteiger partial charge on any atom is -0.462 e. The summed E-state index contributed by atoms with van der Waals surface area (Å²) in [6.45, 7) is 8.16. The minimum absolute atomic E-state index is 0.0715. The van der Waals surface area contributed by atoms with Crippen molar-refractivity contribution in [2.24, 2.45) is 17.8 Å². The van der Waals surface area contributed by atoms with Crippen LogP contribution in [0.1, 0.15) is 40.0 Å². The van der Waals surface area contributed by atoms with Gasteiger partial charge in [-0.2, -0.15) is 0 Å². The van der Waals surface area contributed by atoms with Gasteiger partial charge in [0.1, 0.15) is 6.10 Å². The third-order valence-corrected chi connectivity index (χ3v) is 3.82. The van der Waals surface area contributed by atoms with Crippen LogP contribution in [-0.4, -0.2) is 39.0 Å². The zero-order chi connectivity index (χ0) is 14.3. The molecular weight excluding hydrogens is 244 g/mol. The summed E-state index contributed by atoms with van der Waals surface area (Å²) in [7, 11) is 1.71. The number of carbonyl (C=O) groups excluding carboxylic acids is 1. The van der Waals surface area contributed by atoms with E-state index < -0.39 is 0 Å². The molecule has 0 bridgehead atoms. The van der Waals surface area contributed by atoms with E-state index in [1.54, 1.807) is 7.11 Å². The Bertz CT molecular complexity index is 255. The van der Waals surface area contributed by atoms with Crippen molar-refractivity contribution in [1.82, 2.24) is 0 Å². The summed E-state index contributed by atoms with van der Waals surface area (Å²) in [4.78, 5) is 11.1. The zero-order valence-corrected chi connectivity index (χ0v) is 12.7. The Hall–Kier alpha value is -0.610. The van der Waals surface area contributed by atoms with Crippen molar-refractivity contribution in [1.29, 1.82) is 0 Å². The number of ether oxygens (including phenoxy) is 3. The first-order valence-electron chi connectivity index (χ1n) is 7.28. The summed E-state index contributed by atoms with van der Waals surface area (Å²) in [5, 5.41) is 0. The lowest BCUT2D eigenvalue weighted by atomic mass is 9.75. The number of hydrogen-bond acceptors (Lipinski definition) is 4. The van der Waals surface area contributed by atoms with Crippen LogP contribution >= 0.6 is 0 Å². The molecule has 1 saturated carbocycles. The highest BCUT2D eigenvalue weighted by atomic mass is 16.5. The Labute approximate surface area is 116 Å². The van der Waals surface area contributed by atoms with Crippen molar-refractivity contribution < 1.29 is 19.0 Å². The highest BCUT2D eigenvalue weighted by molar-refractivity contribution is 5.66. The van der Waals surface area contributed by atoms with Gasteiger partial charge in [0.2, 0.25) is 0 Å². The molecule has 0 aliphatic heterocycles. The quantitative estimate of drug-likeness (QED) is 0.528. The van der Waals surface area contributed by atoms with Gasteiger partial charge in [0.05, 0.1) is 0 Å². The predicted octanol–water partition coefficient (Wildman–Crippen LogP) is 2.65. The normalized spacial score (nSPS) is 31.2. The molecular formula is C15H28O4. The summed E-state index contributed by atoms with van der Waals surface area (Å²) < 4.78 is 16.1. The van der Waals surface area contributed by atoms with Crippen LogP contribution in [0.5, 0.6) is 0 Å². The topological polar surface area (TPSA) is 44.8 Å². The predicted molar refractivity (Wildman–Crippen MR) is 73.9 cm³/mol. The number of esters is 1. The molecule has 0 aromatic carbocycles. The Kier molecular flexibility index (Phi) is 7.39. The van der Waals surface area contributed by atoms with Gasteiger partial charge in [-0.25, -0.2) is 0 Å². The van der Waals surface area contributed by atoms with E-state index in [2.05, 4.69) is 13.8 Å². The van der Waals surface area contributed by atoms with Crippen LogP contribution in [0.4, 0.5) is 0 Å². The van der Waals surface area contributed by atoms with Gasteiger partial charge in [0.25, 0.3) is 0 Å². The van der Waals surface area contributed by atoms with E-state index in [9.17, 15) is 4.79 Å². The highest BCUT2D eigenvalue weighted by Crippen LogP contribution is 2.35. The van der Waals surface area contributed by atoms with Crippen molar-refractivity contribution in [2.45, 2.75) is 46.1 Å². The molecule has 1 rings (SSSR count). The fourth-order valence-corrected chi connectivity index (χ4v) is 3.09. The number of methoxy groups -OCH3 is 1. The molecule has 0 spiro atoms. The van der Waals surface area contributed by atoms with Gasteiger partial charge in [-0.3, -0.25) is 4.79 Å². The van der Waals surface area contributed by atoms with Gasteiger partial charge in [-0.15, -0.1) is 0 Å². The molecule has 0 amide bonds. The molecule has 112 valence electrons. The zero-order valence-electron chi connectivity index (χ0n) is 12.7. The molecule has 0 aromatic rings. The summed E-state index contributed by atoms with van der Waals surface area (Å²) in [5.41, 5.74) is 0. The van der Waals surface area contributed by atoms with Gasteiger partial charge < -0.3 is 14.2 Å². The lowest BCUT2D eigenvalue weighted by Gasteiger charge is -2.38. The summed E-state index contributed by atoms with van der Waals surface area (Å²) >= 11 is 0. The van der Waals surface area contributed by atoms with Crippen LogP contribution < -0.4 is 0 Å². The fraction of sp³-hybridized carbons (Fsp3) is 0.933. The van der Waals surface area contributed by atoms with Crippen LogP contribution in [0.3, 0.4) is 0 Å². The molecule has 0 aromatic heterocycles. The van der Waals surface area contributed by atoms with Gasteiger partial charge in [0.15, 0.2) is 0 Å². The number of hydrogen-bond donors (Lipinski definition) is 0. The van der Waals surface area contributed by atoms with E-state index in [0.29, 0.717) is 17.8 Å². The second kappa shape index (κ2) is 8.54. The SMILES string of the molecule is COCCCOCC1CC(C)C(OC(C)=O)C(C)C1. The molecule has 1 aliphatic rings. The Morgan fingerprint density at radius 1 is 1.16 bits per heavy atom. The van der Waals surface area contributed by atoms with Crippen molar-refractivity contribution in [2.75, 3.05) is 26.9 Å². The van der Waals surface area contributed by atoms with E-state index in [0.717, 1.165) is 39.1 Å². The molecule has 1 aliphatic carbocycles. The summed E-state index contributed by atoms with van der Waals surface area (Å²) in [6.07, 6.45) is 3.17. The summed E-state index contributed by atoms with van der Waals surface area (Å²) in [6, 6.07) is 0. The minimum atomic E-state index is -0.169. The van der Waals surface area contributed by atoms with E-state index >= 15 is 0 Å². The third-order valence-electron chi connectivity index (χ3n) is 3.82. The smallest absolute Gasteiger partial charge is 0.302 e. The van der Waals surface area contributed by atoms with Crippen LogP contribution in [0.15, 0.2) is 0 Å². The Balaban J connectivity index is 2.27. The lowest BCUT2D eigenvalue weighted by Crippen LogP contribution is -2.38. The molecule has 4 nitrogen and oxygen atoms in total. The Morgan fingerprint density at radius 2 is 1.79 bits per heavy atom. The standard InChI is InChI=1S/C15H28O4/c1-11-8-14(10-18-7-5-6-17-4)9-12(2)15(11)19-13(3)16/h11-12,14-15H,5-10H2,1-4H3. The van der Waals surface area contributed by atoms with Crippen molar-refractivity contribution in [3.05, 3.63) is 0 Å². The van der Waals surface area contributed by atoms with Crippen molar-refractivity contribution in [3.8, 4) is 0 Å². The first kappa shape index (κ1) is 16.4. The monoisotopic (exact) mass is 272 g/mol. The fourth-order valence-electron chi connectivity index (χ4n) is 3.09. The maximum atomic E-state index is 11.1. The molecule has 0 N–H and O–H groups in total. The maximum absolute atomic E-state index is 11.1. The van der Waals surface area contributed by atoms with E-state index in [4.69, 9.17) is 14.2 Å². The maximum Gasteiger partial charge on any atom is 0.302 e. The van der Waals surface area contributed by atoms with Crippen molar-refractivity contribution in [3.63, 3.8) is 0 Å². The molecule has 0 heterocycles. The largest absolute Gasteiger partial charge is 0.462 e. The molecule has 2 atom stereocenters. The molecule has 19 heavy (non-hydrogen) atoms. The average Bonchev–Trinajstić information content (AvgIpc) is 2.33. The molecule has 0 saturated heterocycles. The molecule has 1 fully saturated rings. The Morgan fingerprint density at radius 3 is 2.32 bits per heavy atom. The van der Waals surface area contributed by atoms with Gasteiger partial charge in [0, 0.05) is 33.9 Å². The number of rotatable bonds is 7. The van der Waals surface area contributed by atoms with E-state index in [-0.39, 0.29) is 12.1 Å². The molecule has 0 radical (unpaired) electrons. The number of carbonyl (C=O) groups is 1. The van der Waals surface area contributed by atoms with Crippen LogP contribution in [0.25, 0.3) is 0 Å². The van der Waals surface area contributed by atoms with Gasteiger partial charge >= 0.3 is 5.97 Å². The lowest BCUT2D eigenvalue weighted by molar-refractivity contribution is -0.155. The van der Waals surface area contributed by atoms with Crippen LogP contribution in [0, 0.1) is 17.8 Å². The van der Waals surface area contributed by atoms with E-state index in [1.165, 1.54) is 6.92 Å².